The van der Waals surface area contributed by atoms with Crippen LogP contribution in [0.25, 0.3) is 11.1 Å². The fraction of sp³-hybridized carbons (Fsp3) is 0.0714. The lowest BCUT2D eigenvalue weighted by Gasteiger charge is -2.05. The molecule has 0 saturated heterocycles. The Morgan fingerprint density at radius 2 is 1.72 bits per heavy atom. The van der Waals surface area contributed by atoms with Crippen molar-refractivity contribution in [1.29, 1.82) is 0 Å². The molecule has 92 valence electrons. The number of rotatable bonds is 3. The van der Waals surface area contributed by atoms with Gasteiger partial charge in [-0.05, 0) is 41.6 Å². The van der Waals surface area contributed by atoms with E-state index in [2.05, 4.69) is 0 Å². The van der Waals surface area contributed by atoms with Crippen LogP contribution in [0.2, 0.25) is 5.02 Å². The van der Waals surface area contributed by atoms with E-state index in [1.165, 1.54) is 11.0 Å². The van der Waals surface area contributed by atoms with E-state index >= 15 is 0 Å². The zero-order chi connectivity index (χ0) is 13.1. The number of halogens is 1. The number of thioether (sulfide) groups is 1. The molecule has 0 atom stereocenters. The van der Waals surface area contributed by atoms with E-state index in [4.69, 9.17) is 16.7 Å². The highest BCUT2D eigenvalue weighted by Crippen LogP contribution is 2.27. The fourth-order valence-electron chi connectivity index (χ4n) is 1.65. The molecule has 0 radical (unpaired) electrons. The Morgan fingerprint density at radius 1 is 1.11 bits per heavy atom. The molecule has 0 spiro atoms. The van der Waals surface area contributed by atoms with E-state index < -0.39 is 5.97 Å². The fourth-order valence-corrected chi connectivity index (χ4v) is 2.32. The first-order valence-electron chi connectivity index (χ1n) is 5.29. The molecule has 2 nitrogen and oxygen atoms in total. The van der Waals surface area contributed by atoms with Crippen molar-refractivity contribution in [2.75, 3.05) is 6.26 Å². The Bertz CT molecular complexity index is 579. The van der Waals surface area contributed by atoms with Crippen molar-refractivity contribution in [3.05, 3.63) is 53.1 Å². The number of aromatic carboxylic acids is 1. The van der Waals surface area contributed by atoms with Gasteiger partial charge in [-0.15, -0.1) is 11.8 Å². The molecule has 0 fully saturated rings. The molecule has 0 amide bonds. The first-order valence-corrected chi connectivity index (χ1v) is 6.89. The van der Waals surface area contributed by atoms with Crippen LogP contribution >= 0.6 is 23.4 Å². The second-order valence-corrected chi connectivity index (χ2v) is 5.02. The average Bonchev–Trinajstić information content (AvgIpc) is 2.38. The summed E-state index contributed by atoms with van der Waals surface area (Å²) in [6, 6.07) is 13.0. The van der Waals surface area contributed by atoms with Crippen LogP contribution in [0, 0.1) is 0 Å². The number of benzene rings is 2. The monoisotopic (exact) mass is 278 g/mol. The number of carboxylic acid groups (broad SMARTS) is 1. The summed E-state index contributed by atoms with van der Waals surface area (Å²) in [5, 5.41) is 9.17. The highest BCUT2D eigenvalue weighted by atomic mass is 35.5. The van der Waals surface area contributed by atoms with Gasteiger partial charge < -0.3 is 5.11 Å². The highest BCUT2D eigenvalue weighted by Gasteiger charge is 2.09. The quantitative estimate of drug-likeness (QED) is 0.844. The molecule has 1 N–H and O–H groups in total. The van der Waals surface area contributed by atoms with Crippen molar-refractivity contribution in [2.24, 2.45) is 0 Å². The van der Waals surface area contributed by atoms with Crippen LogP contribution in [-0.4, -0.2) is 17.3 Å². The van der Waals surface area contributed by atoms with Crippen LogP contribution in [0.5, 0.6) is 0 Å². The van der Waals surface area contributed by atoms with E-state index in [1.807, 2.05) is 30.5 Å². The Kier molecular flexibility index (Phi) is 3.94. The first kappa shape index (κ1) is 13.0. The molecular weight excluding hydrogens is 268 g/mol. The molecule has 0 heterocycles. The summed E-state index contributed by atoms with van der Waals surface area (Å²) < 4.78 is 0. The SMILES string of the molecule is CSc1ccc(-c2ccc(C(=O)O)c(Cl)c2)cc1. The number of carboxylic acids is 1. The second-order valence-electron chi connectivity index (χ2n) is 3.73. The normalized spacial score (nSPS) is 10.3. The van der Waals surface area contributed by atoms with Crippen LogP contribution in [0.4, 0.5) is 0 Å². The third kappa shape index (κ3) is 2.68. The summed E-state index contributed by atoms with van der Waals surface area (Å²) in [5.41, 5.74) is 2.06. The van der Waals surface area contributed by atoms with Crippen molar-refractivity contribution in [2.45, 2.75) is 4.90 Å². The largest absolute Gasteiger partial charge is 0.478 e. The third-order valence-electron chi connectivity index (χ3n) is 2.62. The predicted molar refractivity (Wildman–Crippen MR) is 75.6 cm³/mol. The number of hydrogen-bond acceptors (Lipinski definition) is 2. The van der Waals surface area contributed by atoms with Crippen LogP contribution in [0.3, 0.4) is 0 Å². The van der Waals surface area contributed by atoms with Gasteiger partial charge in [-0.25, -0.2) is 4.79 Å². The van der Waals surface area contributed by atoms with Gasteiger partial charge in [-0.3, -0.25) is 0 Å². The van der Waals surface area contributed by atoms with Gasteiger partial charge in [-0.1, -0.05) is 29.8 Å². The van der Waals surface area contributed by atoms with E-state index in [0.29, 0.717) is 0 Å². The number of hydrogen-bond donors (Lipinski definition) is 1. The van der Waals surface area contributed by atoms with Crippen molar-refractivity contribution in [3.8, 4) is 11.1 Å². The lowest BCUT2D eigenvalue weighted by molar-refractivity contribution is 0.0697. The van der Waals surface area contributed by atoms with Gasteiger partial charge in [0.1, 0.15) is 0 Å². The summed E-state index contributed by atoms with van der Waals surface area (Å²) in [6.07, 6.45) is 2.02. The number of carbonyl (C=O) groups is 1. The molecular formula is C14H11ClO2S. The summed E-state index contributed by atoms with van der Waals surface area (Å²) in [6.45, 7) is 0. The standard InChI is InChI=1S/C14H11ClO2S/c1-18-11-5-2-9(3-6-11)10-4-7-12(14(16)17)13(15)8-10/h2-8H,1H3,(H,16,17). The summed E-state index contributed by atoms with van der Waals surface area (Å²) in [7, 11) is 0. The van der Waals surface area contributed by atoms with Gasteiger partial charge in [0.2, 0.25) is 0 Å². The Hall–Kier alpha value is -1.45. The van der Waals surface area contributed by atoms with Crippen molar-refractivity contribution in [3.63, 3.8) is 0 Å². The van der Waals surface area contributed by atoms with Crippen LogP contribution in [-0.2, 0) is 0 Å². The van der Waals surface area contributed by atoms with Crippen LogP contribution in [0.1, 0.15) is 10.4 Å². The average molecular weight is 279 g/mol. The van der Waals surface area contributed by atoms with Crippen LogP contribution in [0.15, 0.2) is 47.4 Å². The molecule has 2 rings (SSSR count). The van der Waals surface area contributed by atoms with Crippen molar-refractivity contribution >= 4 is 29.3 Å². The first-order chi connectivity index (χ1) is 8.61. The summed E-state index contributed by atoms with van der Waals surface area (Å²) in [4.78, 5) is 12.1. The zero-order valence-corrected chi connectivity index (χ0v) is 11.3. The minimum Gasteiger partial charge on any atom is -0.478 e. The molecule has 18 heavy (non-hydrogen) atoms. The maximum Gasteiger partial charge on any atom is 0.337 e. The molecule has 0 aliphatic rings. The molecule has 0 bridgehead atoms. The Labute approximate surface area is 115 Å². The maximum absolute atomic E-state index is 10.9. The molecule has 0 aliphatic heterocycles. The zero-order valence-electron chi connectivity index (χ0n) is 9.68. The Morgan fingerprint density at radius 3 is 2.22 bits per heavy atom. The van der Waals surface area contributed by atoms with Crippen molar-refractivity contribution < 1.29 is 9.90 Å². The van der Waals surface area contributed by atoms with Gasteiger partial charge in [0.05, 0.1) is 10.6 Å². The van der Waals surface area contributed by atoms with Gasteiger partial charge in [0.25, 0.3) is 0 Å². The molecule has 0 aliphatic carbocycles. The van der Waals surface area contributed by atoms with Gasteiger partial charge in [-0.2, -0.15) is 0 Å². The third-order valence-corrected chi connectivity index (χ3v) is 3.68. The molecule has 0 unspecified atom stereocenters. The van der Waals surface area contributed by atoms with E-state index in [1.54, 1.807) is 23.9 Å². The van der Waals surface area contributed by atoms with Gasteiger partial charge in [0, 0.05) is 4.90 Å². The van der Waals surface area contributed by atoms with Gasteiger partial charge >= 0.3 is 5.97 Å². The lowest BCUT2D eigenvalue weighted by Crippen LogP contribution is -1.97. The van der Waals surface area contributed by atoms with E-state index in [0.717, 1.165) is 11.1 Å². The van der Waals surface area contributed by atoms with E-state index in [-0.39, 0.29) is 10.6 Å². The van der Waals surface area contributed by atoms with Crippen molar-refractivity contribution in [1.82, 2.24) is 0 Å². The van der Waals surface area contributed by atoms with Crippen LogP contribution < -0.4 is 0 Å². The van der Waals surface area contributed by atoms with Gasteiger partial charge in [0.15, 0.2) is 0 Å². The molecule has 4 heteroatoms. The van der Waals surface area contributed by atoms with E-state index in [9.17, 15) is 4.79 Å². The summed E-state index contributed by atoms with van der Waals surface area (Å²) in [5.74, 6) is -1.01. The highest BCUT2D eigenvalue weighted by molar-refractivity contribution is 7.98. The molecule has 0 aromatic heterocycles. The minimum absolute atomic E-state index is 0.126. The molecule has 2 aromatic carbocycles. The maximum atomic E-state index is 10.9. The predicted octanol–water partition coefficient (Wildman–Crippen LogP) is 4.43. The molecule has 2 aromatic rings. The lowest BCUT2D eigenvalue weighted by atomic mass is 10.0. The smallest absolute Gasteiger partial charge is 0.337 e. The Balaban J connectivity index is 2.39. The topological polar surface area (TPSA) is 37.3 Å². The second kappa shape index (κ2) is 5.46. The molecule has 0 saturated carbocycles. The summed E-state index contributed by atoms with van der Waals surface area (Å²) >= 11 is 7.63. The minimum atomic E-state index is -1.01.